The molecular formula is C12H17N3O6. The number of carboxylic acid groups (broad SMARTS) is 2. The molecule has 2 unspecified atom stereocenters. The molecule has 21 heavy (non-hydrogen) atoms. The van der Waals surface area contributed by atoms with Gasteiger partial charge in [0.05, 0.1) is 6.54 Å². The standard InChI is InChI=1S/C12H17N3O6/c13-6-9(16)15-5-1-2-8(15)11(19)14-7(12(20)21)3-4-10(17)18/h1-2,7-8H,3-6,13H2,(H,14,19)(H,17,18)(H,20,21). The Bertz CT molecular complexity index is 476. The minimum atomic E-state index is -1.33. The Balaban J connectivity index is 2.68. The van der Waals surface area contributed by atoms with Gasteiger partial charge < -0.3 is 26.2 Å². The Labute approximate surface area is 120 Å². The molecule has 0 spiro atoms. The molecule has 1 heterocycles. The summed E-state index contributed by atoms with van der Waals surface area (Å²) in [7, 11) is 0. The van der Waals surface area contributed by atoms with Crippen molar-refractivity contribution in [1.82, 2.24) is 10.2 Å². The van der Waals surface area contributed by atoms with E-state index in [0.29, 0.717) is 0 Å². The smallest absolute Gasteiger partial charge is 0.326 e. The van der Waals surface area contributed by atoms with Gasteiger partial charge in [0.15, 0.2) is 0 Å². The van der Waals surface area contributed by atoms with E-state index in [-0.39, 0.29) is 25.9 Å². The number of hydrogen-bond donors (Lipinski definition) is 4. The monoisotopic (exact) mass is 299 g/mol. The van der Waals surface area contributed by atoms with Crippen LogP contribution >= 0.6 is 0 Å². The maximum Gasteiger partial charge on any atom is 0.326 e. The van der Waals surface area contributed by atoms with E-state index in [9.17, 15) is 19.2 Å². The van der Waals surface area contributed by atoms with Gasteiger partial charge in [0.2, 0.25) is 11.8 Å². The minimum absolute atomic E-state index is 0.223. The molecule has 9 heteroatoms. The van der Waals surface area contributed by atoms with Gasteiger partial charge in [-0.2, -0.15) is 0 Å². The summed E-state index contributed by atoms with van der Waals surface area (Å²) < 4.78 is 0. The quantitative estimate of drug-likeness (QED) is 0.403. The third-order valence-corrected chi connectivity index (χ3v) is 2.98. The molecule has 1 aliphatic rings. The average molecular weight is 299 g/mol. The third kappa shape index (κ3) is 4.56. The molecule has 0 aromatic carbocycles. The molecule has 0 aromatic rings. The van der Waals surface area contributed by atoms with Gasteiger partial charge in [0, 0.05) is 13.0 Å². The first-order valence-corrected chi connectivity index (χ1v) is 6.28. The highest BCUT2D eigenvalue weighted by molar-refractivity contribution is 5.93. The first-order valence-electron chi connectivity index (χ1n) is 6.28. The number of amides is 2. The summed E-state index contributed by atoms with van der Waals surface area (Å²) in [5, 5.41) is 19.8. The second-order valence-electron chi connectivity index (χ2n) is 4.46. The van der Waals surface area contributed by atoms with E-state index in [1.807, 2.05) is 0 Å². The van der Waals surface area contributed by atoms with Crippen LogP contribution in [0.2, 0.25) is 0 Å². The fourth-order valence-electron chi connectivity index (χ4n) is 1.91. The van der Waals surface area contributed by atoms with Crippen LogP contribution < -0.4 is 11.1 Å². The van der Waals surface area contributed by atoms with Crippen molar-refractivity contribution in [1.29, 1.82) is 0 Å². The highest BCUT2D eigenvalue weighted by atomic mass is 16.4. The zero-order valence-electron chi connectivity index (χ0n) is 11.2. The van der Waals surface area contributed by atoms with Gasteiger partial charge in [-0.25, -0.2) is 4.79 Å². The molecule has 0 radical (unpaired) electrons. The zero-order valence-corrected chi connectivity index (χ0v) is 11.2. The lowest BCUT2D eigenvalue weighted by Gasteiger charge is -2.24. The zero-order chi connectivity index (χ0) is 16.0. The summed E-state index contributed by atoms with van der Waals surface area (Å²) in [5.41, 5.74) is 5.23. The molecule has 1 aliphatic heterocycles. The van der Waals surface area contributed by atoms with Crippen LogP contribution in [0, 0.1) is 0 Å². The van der Waals surface area contributed by atoms with Crippen molar-refractivity contribution in [2.24, 2.45) is 5.73 Å². The predicted molar refractivity (Wildman–Crippen MR) is 70.1 cm³/mol. The first-order chi connectivity index (χ1) is 9.86. The van der Waals surface area contributed by atoms with Gasteiger partial charge in [0.25, 0.3) is 0 Å². The third-order valence-electron chi connectivity index (χ3n) is 2.98. The molecule has 0 fully saturated rings. The molecule has 0 saturated carbocycles. The fraction of sp³-hybridized carbons (Fsp3) is 0.500. The summed E-state index contributed by atoms with van der Waals surface area (Å²) in [6.07, 6.45) is 2.45. The van der Waals surface area contributed by atoms with E-state index in [1.54, 1.807) is 6.08 Å². The van der Waals surface area contributed by atoms with E-state index in [1.165, 1.54) is 11.0 Å². The van der Waals surface area contributed by atoms with Crippen LogP contribution in [-0.2, 0) is 19.2 Å². The van der Waals surface area contributed by atoms with Crippen molar-refractivity contribution in [3.63, 3.8) is 0 Å². The summed E-state index contributed by atoms with van der Waals surface area (Å²) >= 11 is 0. The number of nitrogens with zero attached hydrogens (tertiary/aromatic N) is 1. The molecule has 0 aliphatic carbocycles. The maximum absolute atomic E-state index is 12.0. The summed E-state index contributed by atoms with van der Waals surface area (Å²) in [6.45, 7) is -0.0339. The largest absolute Gasteiger partial charge is 0.481 e. The SMILES string of the molecule is NCC(=O)N1CC=CC1C(=O)NC(CCC(=O)O)C(=O)O. The molecule has 2 amide bonds. The first kappa shape index (κ1) is 16.6. The lowest BCUT2D eigenvalue weighted by Crippen LogP contribution is -2.52. The molecule has 116 valence electrons. The molecule has 0 saturated heterocycles. The van der Waals surface area contributed by atoms with Crippen LogP contribution in [0.15, 0.2) is 12.2 Å². The van der Waals surface area contributed by atoms with E-state index >= 15 is 0 Å². The van der Waals surface area contributed by atoms with Gasteiger partial charge in [-0.05, 0) is 6.42 Å². The van der Waals surface area contributed by atoms with E-state index in [4.69, 9.17) is 15.9 Å². The maximum atomic E-state index is 12.0. The van der Waals surface area contributed by atoms with Gasteiger partial charge in [0.1, 0.15) is 12.1 Å². The van der Waals surface area contributed by atoms with Crippen molar-refractivity contribution in [2.45, 2.75) is 24.9 Å². The summed E-state index contributed by atoms with van der Waals surface area (Å²) in [6, 6.07) is -2.25. The van der Waals surface area contributed by atoms with Gasteiger partial charge in [-0.3, -0.25) is 14.4 Å². The minimum Gasteiger partial charge on any atom is -0.481 e. The second kappa shape index (κ2) is 7.39. The Hall–Kier alpha value is -2.42. The Morgan fingerprint density at radius 1 is 1.33 bits per heavy atom. The van der Waals surface area contributed by atoms with Crippen LogP contribution in [0.5, 0.6) is 0 Å². The van der Waals surface area contributed by atoms with E-state index < -0.39 is 35.8 Å². The number of nitrogens with two attached hydrogens (primary N) is 1. The van der Waals surface area contributed by atoms with Crippen LogP contribution in [-0.4, -0.2) is 64.0 Å². The number of carbonyl (C=O) groups is 4. The molecule has 5 N–H and O–H groups in total. The van der Waals surface area contributed by atoms with E-state index in [0.717, 1.165) is 0 Å². The number of hydrogen-bond acceptors (Lipinski definition) is 5. The number of nitrogens with one attached hydrogen (secondary N) is 1. The van der Waals surface area contributed by atoms with Crippen LogP contribution in [0.3, 0.4) is 0 Å². The number of carboxylic acids is 2. The Kier molecular flexibility index (Phi) is 5.85. The lowest BCUT2D eigenvalue weighted by atomic mass is 10.1. The molecule has 1 rings (SSSR count). The predicted octanol–water partition coefficient (Wildman–Crippen LogP) is -1.85. The highest BCUT2D eigenvalue weighted by Crippen LogP contribution is 2.11. The number of rotatable bonds is 7. The normalized spacial score (nSPS) is 18.3. The topological polar surface area (TPSA) is 150 Å². The van der Waals surface area contributed by atoms with Gasteiger partial charge in [-0.15, -0.1) is 0 Å². The van der Waals surface area contributed by atoms with Crippen molar-refractivity contribution in [3.05, 3.63) is 12.2 Å². The van der Waals surface area contributed by atoms with Crippen LogP contribution in [0.4, 0.5) is 0 Å². The van der Waals surface area contributed by atoms with E-state index in [2.05, 4.69) is 5.32 Å². The number of aliphatic carboxylic acids is 2. The average Bonchev–Trinajstić information content (AvgIpc) is 2.91. The molecule has 2 atom stereocenters. The van der Waals surface area contributed by atoms with Gasteiger partial charge in [-0.1, -0.05) is 12.2 Å². The Morgan fingerprint density at radius 2 is 2.00 bits per heavy atom. The van der Waals surface area contributed by atoms with Crippen molar-refractivity contribution < 1.29 is 29.4 Å². The number of carbonyl (C=O) groups excluding carboxylic acids is 2. The van der Waals surface area contributed by atoms with Crippen LogP contribution in [0.1, 0.15) is 12.8 Å². The van der Waals surface area contributed by atoms with Crippen LogP contribution in [0.25, 0.3) is 0 Å². The Morgan fingerprint density at radius 3 is 2.52 bits per heavy atom. The molecule has 0 aromatic heterocycles. The molecule has 9 nitrogen and oxygen atoms in total. The summed E-state index contributed by atoms with van der Waals surface area (Å²) in [4.78, 5) is 46.3. The lowest BCUT2D eigenvalue weighted by molar-refractivity contribution is -0.144. The fourth-order valence-corrected chi connectivity index (χ4v) is 1.91. The van der Waals surface area contributed by atoms with Crippen molar-refractivity contribution in [3.8, 4) is 0 Å². The van der Waals surface area contributed by atoms with Crippen molar-refractivity contribution in [2.75, 3.05) is 13.1 Å². The molecular weight excluding hydrogens is 282 g/mol. The molecule has 0 bridgehead atoms. The van der Waals surface area contributed by atoms with Crippen molar-refractivity contribution >= 4 is 23.8 Å². The summed E-state index contributed by atoms with van der Waals surface area (Å²) in [5.74, 6) is -3.60. The van der Waals surface area contributed by atoms with Gasteiger partial charge >= 0.3 is 11.9 Å². The highest BCUT2D eigenvalue weighted by Gasteiger charge is 2.32. The second-order valence-corrected chi connectivity index (χ2v) is 4.46.